The zero-order valence-electron chi connectivity index (χ0n) is 25.3. The number of carboxylic acid groups (broad SMARTS) is 2. The average Bonchev–Trinajstić information content (AvgIpc) is 2.98. The maximum absolute atomic E-state index is 11.7. The summed E-state index contributed by atoms with van der Waals surface area (Å²) in [6.45, 7) is 6.61. The molecule has 0 radical (unpaired) electrons. The lowest BCUT2D eigenvalue weighted by molar-refractivity contribution is -0.123. The van der Waals surface area contributed by atoms with Crippen LogP contribution in [0.4, 0.5) is 9.59 Å². The van der Waals surface area contributed by atoms with Crippen LogP contribution in [0.3, 0.4) is 0 Å². The van der Waals surface area contributed by atoms with E-state index in [0.717, 1.165) is 0 Å². The molecule has 18 heteroatoms. The van der Waals surface area contributed by atoms with Crippen LogP contribution < -0.4 is 21.3 Å². The van der Waals surface area contributed by atoms with Gasteiger partial charge in [0, 0.05) is 39.0 Å². The second-order valence-corrected chi connectivity index (χ2v) is 8.56. The molecular formula is C26H50N4O14. The topological polar surface area (TPSA) is 231 Å². The van der Waals surface area contributed by atoms with Crippen molar-refractivity contribution in [2.75, 3.05) is 132 Å². The van der Waals surface area contributed by atoms with Crippen molar-refractivity contribution in [3.63, 3.8) is 0 Å². The zero-order chi connectivity index (χ0) is 32.4. The summed E-state index contributed by atoms with van der Waals surface area (Å²) in [7, 11) is 0. The number of hydrogen-bond acceptors (Lipinski definition) is 12. The number of carbonyl (C=O) groups excluding carboxylic acids is 2. The largest absolute Gasteiger partial charge is 0.465 e. The van der Waals surface area contributed by atoms with Gasteiger partial charge < -0.3 is 69.4 Å². The Bertz CT molecular complexity index is 662. The van der Waals surface area contributed by atoms with Crippen LogP contribution in [-0.4, -0.2) is 166 Å². The number of amides is 4. The molecule has 0 fully saturated rings. The van der Waals surface area contributed by atoms with E-state index in [4.69, 9.17) is 48.1 Å². The summed E-state index contributed by atoms with van der Waals surface area (Å²) in [5.41, 5.74) is 0. The van der Waals surface area contributed by atoms with E-state index in [2.05, 4.69) is 21.3 Å². The van der Waals surface area contributed by atoms with Gasteiger partial charge in [0.25, 0.3) is 0 Å². The molecule has 0 aromatic rings. The van der Waals surface area contributed by atoms with Gasteiger partial charge in [0.15, 0.2) is 0 Å². The predicted molar refractivity (Wildman–Crippen MR) is 154 cm³/mol. The number of carbonyl (C=O) groups is 4. The minimum absolute atomic E-state index is 0.142. The third kappa shape index (κ3) is 35.4. The lowest BCUT2D eigenvalue weighted by atomic mass is 10.4. The summed E-state index contributed by atoms with van der Waals surface area (Å²) in [6.07, 6.45) is -1.72. The van der Waals surface area contributed by atoms with Crippen molar-refractivity contribution in [1.82, 2.24) is 21.3 Å². The third-order valence-electron chi connectivity index (χ3n) is 4.99. The Balaban J connectivity index is 3.24. The van der Waals surface area contributed by atoms with Gasteiger partial charge >= 0.3 is 12.2 Å². The number of ether oxygens (including phenoxy) is 8. The van der Waals surface area contributed by atoms with Gasteiger partial charge in [-0.05, 0) is 0 Å². The molecule has 0 aromatic carbocycles. The lowest BCUT2D eigenvalue weighted by Crippen LogP contribution is -2.29. The molecule has 258 valence electrons. The Labute approximate surface area is 257 Å². The molecule has 4 amide bonds. The molecule has 0 spiro atoms. The summed E-state index contributed by atoms with van der Waals surface area (Å²) in [5, 5.41) is 26.6. The van der Waals surface area contributed by atoms with Gasteiger partial charge in [0.2, 0.25) is 11.8 Å². The van der Waals surface area contributed by atoms with Crippen LogP contribution >= 0.6 is 0 Å². The Morgan fingerprint density at radius 3 is 0.841 bits per heavy atom. The van der Waals surface area contributed by atoms with Crippen LogP contribution in [0, 0.1) is 0 Å². The maximum atomic E-state index is 11.7. The Morgan fingerprint density at radius 1 is 0.341 bits per heavy atom. The first-order valence-electron chi connectivity index (χ1n) is 14.5. The molecule has 0 aliphatic heterocycles. The van der Waals surface area contributed by atoms with Crippen LogP contribution in [0.1, 0.15) is 12.8 Å². The van der Waals surface area contributed by atoms with Crippen LogP contribution in [0.5, 0.6) is 0 Å². The van der Waals surface area contributed by atoms with Gasteiger partial charge in [-0.2, -0.15) is 0 Å². The van der Waals surface area contributed by atoms with Gasteiger partial charge in [-0.1, -0.05) is 0 Å². The first-order chi connectivity index (χ1) is 21.4. The molecule has 0 aliphatic rings. The molecule has 0 rings (SSSR count). The van der Waals surface area contributed by atoms with E-state index in [1.165, 1.54) is 0 Å². The summed E-state index contributed by atoms with van der Waals surface area (Å²) >= 11 is 0. The highest BCUT2D eigenvalue weighted by molar-refractivity contribution is 5.76. The quantitative estimate of drug-likeness (QED) is 0.0456. The van der Waals surface area contributed by atoms with Crippen molar-refractivity contribution in [2.45, 2.75) is 12.8 Å². The van der Waals surface area contributed by atoms with Crippen LogP contribution in [-0.2, 0) is 47.5 Å². The lowest BCUT2D eigenvalue weighted by Gasteiger charge is -2.09. The first-order valence-corrected chi connectivity index (χ1v) is 14.5. The van der Waals surface area contributed by atoms with Gasteiger partial charge in [-0.3, -0.25) is 9.59 Å². The van der Waals surface area contributed by atoms with Crippen molar-refractivity contribution in [3.8, 4) is 0 Å². The van der Waals surface area contributed by atoms with Gasteiger partial charge in [0.1, 0.15) is 0 Å². The summed E-state index contributed by atoms with van der Waals surface area (Å²) in [4.78, 5) is 44.0. The predicted octanol–water partition coefficient (Wildman–Crippen LogP) is -1.33. The second kappa shape index (κ2) is 33.1. The zero-order valence-corrected chi connectivity index (χ0v) is 25.3. The van der Waals surface area contributed by atoms with Crippen LogP contribution in [0.2, 0.25) is 0 Å². The summed E-state index contributed by atoms with van der Waals surface area (Å²) in [5.74, 6) is -0.284. The molecule has 0 unspecified atom stereocenters. The Kier molecular flexibility index (Phi) is 30.9. The average molecular weight is 643 g/mol. The van der Waals surface area contributed by atoms with E-state index in [1.807, 2.05) is 0 Å². The molecule has 0 aromatic heterocycles. The molecular weight excluding hydrogens is 592 g/mol. The standard InChI is InChI=1S/C26H50N4O14/c31-23(27-3-9-39-15-17-41-11-5-29-25(33)34)1-7-37-13-19-43-21-22-44-20-14-38-8-2-24(32)28-4-10-40-16-18-42-12-6-30-26(35)36/h29-30H,1-22H2,(H,27,31)(H,28,32)(H,33,34)(H,35,36). The molecule has 18 nitrogen and oxygen atoms in total. The third-order valence-corrected chi connectivity index (χ3v) is 4.99. The van der Waals surface area contributed by atoms with Crippen molar-refractivity contribution >= 4 is 24.0 Å². The highest BCUT2D eigenvalue weighted by Crippen LogP contribution is 1.88. The number of hydrogen-bond donors (Lipinski definition) is 6. The van der Waals surface area contributed by atoms with E-state index in [0.29, 0.717) is 92.4 Å². The number of rotatable bonds is 33. The molecule has 0 bridgehead atoms. The fraction of sp³-hybridized carbons (Fsp3) is 0.846. The highest BCUT2D eigenvalue weighted by Gasteiger charge is 2.02. The minimum atomic E-state index is -1.09. The monoisotopic (exact) mass is 642 g/mol. The molecule has 0 saturated carbocycles. The molecule has 44 heavy (non-hydrogen) atoms. The SMILES string of the molecule is O=C(O)NCCOCCOCCNC(=O)CCOCCOCCOCCOCCC(=O)NCCOCCOCCNC(=O)O. The van der Waals surface area contributed by atoms with E-state index in [1.54, 1.807) is 0 Å². The maximum Gasteiger partial charge on any atom is 0.404 e. The normalized spacial score (nSPS) is 10.8. The van der Waals surface area contributed by atoms with Gasteiger partial charge in [-0.15, -0.1) is 0 Å². The molecule has 0 aliphatic carbocycles. The van der Waals surface area contributed by atoms with Crippen molar-refractivity contribution in [3.05, 3.63) is 0 Å². The first kappa shape index (κ1) is 41.2. The van der Waals surface area contributed by atoms with Crippen molar-refractivity contribution < 1.29 is 67.3 Å². The van der Waals surface area contributed by atoms with E-state index in [-0.39, 0.29) is 64.2 Å². The second-order valence-electron chi connectivity index (χ2n) is 8.56. The fourth-order valence-corrected chi connectivity index (χ4v) is 2.90. The molecule has 0 saturated heterocycles. The molecule has 0 heterocycles. The Hall–Kier alpha value is -2.84. The van der Waals surface area contributed by atoms with Crippen LogP contribution in [0.25, 0.3) is 0 Å². The van der Waals surface area contributed by atoms with E-state index >= 15 is 0 Å². The van der Waals surface area contributed by atoms with Crippen molar-refractivity contribution in [2.24, 2.45) is 0 Å². The minimum Gasteiger partial charge on any atom is -0.465 e. The highest BCUT2D eigenvalue weighted by atomic mass is 16.6. The number of nitrogens with one attached hydrogen (secondary N) is 4. The summed E-state index contributed by atoms with van der Waals surface area (Å²) in [6, 6.07) is 0. The molecule has 0 atom stereocenters. The Morgan fingerprint density at radius 2 is 0.568 bits per heavy atom. The van der Waals surface area contributed by atoms with Crippen molar-refractivity contribution in [1.29, 1.82) is 0 Å². The fourth-order valence-electron chi connectivity index (χ4n) is 2.90. The van der Waals surface area contributed by atoms with Gasteiger partial charge in [-0.25, -0.2) is 9.59 Å². The smallest absolute Gasteiger partial charge is 0.404 e. The van der Waals surface area contributed by atoms with Gasteiger partial charge in [0.05, 0.1) is 106 Å². The van der Waals surface area contributed by atoms with Crippen LogP contribution in [0.15, 0.2) is 0 Å². The summed E-state index contributed by atoms with van der Waals surface area (Å²) < 4.78 is 42.5. The van der Waals surface area contributed by atoms with E-state index < -0.39 is 12.2 Å². The van der Waals surface area contributed by atoms with E-state index in [9.17, 15) is 19.2 Å². The molecule has 6 N–H and O–H groups in total.